The van der Waals surface area contributed by atoms with Crippen molar-refractivity contribution in [1.29, 1.82) is 0 Å². The van der Waals surface area contributed by atoms with Gasteiger partial charge in [-0.05, 0) is 112 Å². The molecule has 3 aromatic rings. The third-order valence-corrected chi connectivity index (χ3v) is 7.14. The third kappa shape index (κ3) is 2.13. The van der Waals surface area contributed by atoms with Crippen molar-refractivity contribution in [2.24, 2.45) is 0 Å². The SMILES string of the molecule is Cc1nn([B-](n2nc(C)c3c2CCC3)n2nc(C)c3c2CCC3)c2c1CCC2. The molecule has 0 amide bonds. The molecule has 3 aliphatic rings. The van der Waals surface area contributed by atoms with Crippen molar-refractivity contribution in [3.05, 3.63) is 50.9 Å². The topological polar surface area (TPSA) is 53.5 Å². The van der Waals surface area contributed by atoms with Gasteiger partial charge in [0.2, 0.25) is 0 Å². The van der Waals surface area contributed by atoms with E-state index in [-0.39, 0.29) is 7.12 Å². The van der Waals surface area contributed by atoms with E-state index in [0.717, 1.165) is 38.5 Å². The van der Waals surface area contributed by atoms with E-state index in [2.05, 4.69) is 34.5 Å². The number of hydrogen-bond acceptors (Lipinski definition) is 3. The van der Waals surface area contributed by atoms with Crippen LogP contribution >= 0.6 is 0 Å². The van der Waals surface area contributed by atoms with Crippen LogP contribution in [0.25, 0.3) is 0 Å². The van der Waals surface area contributed by atoms with Crippen molar-refractivity contribution >= 4 is 7.12 Å². The lowest BCUT2D eigenvalue weighted by Crippen LogP contribution is -2.46. The van der Waals surface area contributed by atoms with E-state index in [4.69, 9.17) is 15.3 Å². The maximum absolute atomic E-state index is 5.05. The zero-order valence-electron chi connectivity index (χ0n) is 17.1. The molecule has 3 aromatic heterocycles. The quantitative estimate of drug-likeness (QED) is 0.663. The number of fused-ring (bicyclic) bond motifs is 3. The Morgan fingerprint density at radius 2 is 0.857 bits per heavy atom. The van der Waals surface area contributed by atoms with Gasteiger partial charge in [0.15, 0.2) is 0 Å². The van der Waals surface area contributed by atoms with Crippen LogP contribution in [0, 0.1) is 20.8 Å². The molecule has 0 aliphatic heterocycles. The molecular weight excluding hydrogens is 347 g/mol. The van der Waals surface area contributed by atoms with Crippen molar-refractivity contribution in [2.45, 2.75) is 78.6 Å². The second-order valence-corrected chi connectivity index (χ2v) is 8.77. The Morgan fingerprint density at radius 3 is 1.18 bits per heavy atom. The summed E-state index contributed by atoms with van der Waals surface area (Å²) in [5, 5.41) is 15.1. The van der Waals surface area contributed by atoms with Crippen molar-refractivity contribution in [3.63, 3.8) is 0 Å². The second kappa shape index (κ2) is 5.85. The molecule has 6 rings (SSSR count). The molecule has 6 nitrogen and oxygen atoms in total. The van der Waals surface area contributed by atoms with E-state index < -0.39 is 0 Å². The summed E-state index contributed by atoms with van der Waals surface area (Å²) in [6, 6.07) is 0. The molecule has 0 saturated carbocycles. The van der Waals surface area contributed by atoms with Gasteiger partial charge in [-0.1, -0.05) is 0 Å². The van der Waals surface area contributed by atoms with E-state index in [1.165, 1.54) is 70.1 Å². The summed E-state index contributed by atoms with van der Waals surface area (Å²) in [5.41, 5.74) is 12.1. The zero-order chi connectivity index (χ0) is 19.0. The Kier molecular flexibility index (Phi) is 3.47. The van der Waals surface area contributed by atoms with Crippen LogP contribution in [-0.4, -0.2) is 36.2 Å². The normalized spacial score (nSPS) is 17.6. The Morgan fingerprint density at radius 1 is 0.536 bits per heavy atom. The monoisotopic (exact) mass is 374 g/mol. The summed E-state index contributed by atoms with van der Waals surface area (Å²) >= 11 is 0. The summed E-state index contributed by atoms with van der Waals surface area (Å²) < 4.78 is 6.77. The summed E-state index contributed by atoms with van der Waals surface area (Å²) in [4.78, 5) is 0. The highest BCUT2D eigenvalue weighted by Gasteiger charge is 2.29. The highest BCUT2D eigenvalue weighted by Crippen LogP contribution is 2.31. The average molecular weight is 374 g/mol. The lowest BCUT2D eigenvalue weighted by Gasteiger charge is -2.34. The van der Waals surface area contributed by atoms with Crippen LogP contribution in [0.1, 0.15) is 70.1 Å². The van der Waals surface area contributed by atoms with E-state index in [1.807, 2.05) is 0 Å². The van der Waals surface area contributed by atoms with Crippen molar-refractivity contribution in [3.8, 4) is 0 Å². The van der Waals surface area contributed by atoms with Crippen LogP contribution in [0.3, 0.4) is 0 Å². The fraction of sp³-hybridized carbons (Fsp3) is 0.571. The first-order valence-electron chi connectivity index (χ1n) is 10.8. The number of aromatic nitrogens is 6. The first-order valence-corrected chi connectivity index (χ1v) is 10.8. The smallest absolute Gasteiger partial charge is 0.261 e. The van der Waals surface area contributed by atoms with Crippen LogP contribution in [-0.2, 0) is 38.5 Å². The van der Waals surface area contributed by atoms with Crippen molar-refractivity contribution < 1.29 is 0 Å². The molecule has 3 aliphatic carbocycles. The highest BCUT2D eigenvalue weighted by molar-refractivity contribution is 6.53. The van der Waals surface area contributed by atoms with Crippen LogP contribution in [0.4, 0.5) is 0 Å². The minimum Gasteiger partial charge on any atom is -0.422 e. The van der Waals surface area contributed by atoms with Crippen LogP contribution < -0.4 is 0 Å². The average Bonchev–Trinajstić information content (AvgIpc) is 3.47. The molecular formula is C21H27BN6-. The van der Waals surface area contributed by atoms with Gasteiger partial charge in [-0.15, -0.1) is 0 Å². The van der Waals surface area contributed by atoms with E-state index in [1.54, 1.807) is 0 Å². The Balaban J connectivity index is 1.62. The molecule has 0 spiro atoms. The molecule has 0 aromatic carbocycles. The summed E-state index contributed by atoms with van der Waals surface area (Å²) in [5.74, 6) is 0. The molecule has 0 atom stereocenters. The van der Waals surface area contributed by atoms with Gasteiger partial charge in [0.05, 0.1) is 17.1 Å². The van der Waals surface area contributed by atoms with Crippen LogP contribution in [0.15, 0.2) is 0 Å². The number of rotatable bonds is 3. The Hall–Kier alpha value is -2.31. The maximum atomic E-state index is 5.05. The van der Waals surface area contributed by atoms with Gasteiger partial charge in [0, 0.05) is 0 Å². The fourth-order valence-electron chi connectivity index (χ4n) is 5.84. The second-order valence-electron chi connectivity index (χ2n) is 8.77. The molecule has 28 heavy (non-hydrogen) atoms. The Labute approximate surface area is 166 Å². The minimum absolute atomic E-state index is 0.110. The van der Waals surface area contributed by atoms with Crippen molar-refractivity contribution in [1.82, 2.24) is 29.1 Å². The molecule has 0 saturated heterocycles. The number of nitrogens with zero attached hydrogens (tertiary/aromatic N) is 6. The lowest BCUT2D eigenvalue weighted by atomic mass is 9.92. The maximum Gasteiger partial charge on any atom is 0.261 e. The largest absolute Gasteiger partial charge is 0.422 e. The minimum atomic E-state index is -0.110. The molecule has 7 heteroatoms. The fourth-order valence-corrected chi connectivity index (χ4v) is 5.84. The molecule has 0 unspecified atom stereocenters. The molecule has 0 bridgehead atoms. The predicted octanol–water partition coefficient (Wildman–Crippen LogP) is 2.60. The standard InChI is InChI=1S/C21H27BN6/c1-13-16-7-4-10-19(16)26(23-13)22(27-20-11-5-8-17(20)14(2)24-27)28-21-12-6-9-18(21)15(3)25-28/h4-12H2,1-3H3/q-1. The third-order valence-electron chi connectivity index (χ3n) is 7.14. The van der Waals surface area contributed by atoms with E-state index in [0.29, 0.717) is 0 Å². The van der Waals surface area contributed by atoms with Gasteiger partial charge in [-0.2, -0.15) is 0 Å². The van der Waals surface area contributed by atoms with Gasteiger partial charge in [-0.3, -0.25) is 0 Å². The predicted molar refractivity (Wildman–Crippen MR) is 109 cm³/mol. The van der Waals surface area contributed by atoms with Gasteiger partial charge in [0.25, 0.3) is 7.12 Å². The Bertz CT molecular complexity index is 963. The molecule has 0 fully saturated rings. The van der Waals surface area contributed by atoms with Gasteiger partial charge >= 0.3 is 0 Å². The van der Waals surface area contributed by atoms with Gasteiger partial charge in [0.1, 0.15) is 0 Å². The number of aryl methyl sites for hydroxylation is 3. The summed E-state index contributed by atoms with van der Waals surface area (Å²) in [6.07, 6.45) is 10.5. The molecule has 1 radical (unpaired) electrons. The van der Waals surface area contributed by atoms with E-state index in [9.17, 15) is 0 Å². The summed E-state index contributed by atoms with van der Waals surface area (Å²) in [6.45, 7) is 6.49. The van der Waals surface area contributed by atoms with Crippen molar-refractivity contribution in [2.75, 3.05) is 0 Å². The first-order chi connectivity index (χ1) is 13.6. The number of hydrogen-bond donors (Lipinski definition) is 0. The van der Waals surface area contributed by atoms with E-state index >= 15 is 0 Å². The zero-order valence-corrected chi connectivity index (χ0v) is 17.1. The van der Waals surface area contributed by atoms with Gasteiger partial charge in [-0.25, -0.2) is 15.3 Å². The van der Waals surface area contributed by atoms with Crippen LogP contribution in [0.5, 0.6) is 0 Å². The lowest BCUT2D eigenvalue weighted by molar-refractivity contribution is 0.693. The van der Waals surface area contributed by atoms with Crippen LogP contribution in [0.2, 0.25) is 0 Å². The molecule has 145 valence electrons. The highest BCUT2D eigenvalue weighted by atomic mass is 15.5. The molecule has 3 heterocycles. The van der Waals surface area contributed by atoms with Gasteiger partial charge < -0.3 is 13.8 Å². The first kappa shape index (κ1) is 16.6. The summed E-state index contributed by atoms with van der Waals surface area (Å²) in [7, 11) is -0.110. The molecule has 0 N–H and O–H groups in total.